The maximum absolute atomic E-state index is 13.4. The Bertz CT molecular complexity index is 1120. The fraction of sp³-hybridized carbons (Fsp3) is 0.407. The molecule has 0 spiro atoms. The van der Waals surface area contributed by atoms with Crippen molar-refractivity contribution in [1.82, 2.24) is 15.1 Å². The molecule has 3 rings (SSSR count). The van der Waals surface area contributed by atoms with E-state index in [1.54, 1.807) is 42.5 Å². The van der Waals surface area contributed by atoms with E-state index < -0.39 is 6.04 Å². The second-order valence-corrected chi connectivity index (χ2v) is 9.75. The van der Waals surface area contributed by atoms with Gasteiger partial charge >= 0.3 is 0 Å². The molecular formula is C27H31Cl2N3O4. The molecule has 4 amide bonds. The Morgan fingerprint density at radius 2 is 1.64 bits per heavy atom. The molecule has 1 aliphatic heterocycles. The van der Waals surface area contributed by atoms with E-state index in [2.05, 4.69) is 5.32 Å². The van der Waals surface area contributed by atoms with Crippen molar-refractivity contribution >= 4 is 46.8 Å². The Morgan fingerprint density at radius 1 is 1.00 bits per heavy atom. The van der Waals surface area contributed by atoms with Crippen LogP contribution in [-0.4, -0.2) is 52.1 Å². The molecule has 9 heteroatoms. The zero-order valence-corrected chi connectivity index (χ0v) is 22.2. The first kappa shape index (κ1) is 27.7. The Hall–Kier alpha value is -2.90. The van der Waals surface area contributed by atoms with Crippen LogP contribution >= 0.6 is 23.2 Å². The van der Waals surface area contributed by atoms with E-state index in [1.807, 2.05) is 20.8 Å². The predicted molar refractivity (Wildman–Crippen MR) is 140 cm³/mol. The molecule has 0 unspecified atom stereocenters. The van der Waals surface area contributed by atoms with Gasteiger partial charge in [0, 0.05) is 35.6 Å². The lowest BCUT2D eigenvalue weighted by Gasteiger charge is -2.32. The number of halogens is 2. The van der Waals surface area contributed by atoms with Gasteiger partial charge in [0.2, 0.25) is 11.8 Å². The quantitative estimate of drug-likeness (QED) is 0.409. The number of amides is 4. The summed E-state index contributed by atoms with van der Waals surface area (Å²) in [5, 5.41) is 3.85. The van der Waals surface area contributed by atoms with Gasteiger partial charge < -0.3 is 10.2 Å². The predicted octanol–water partition coefficient (Wildman–Crippen LogP) is 5.09. The molecule has 1 N–H and O–H groups in total. The number of fused-ring (bicyclic) bond motifs is 1. The molecule has 0 aliphatic carbocycles. The Labute approximate surface area is 221 Å². The molecule has 192 valence electrons. The lowest BCUT2D eigenvalue weighted by atomic mass is 10.1. The maximum atomic E-state index is 13.4. The third kappa shape index (κ3) is 6.26. The summed E-state index contributed by atoms with van der Waals surface area (Å²) in [6, 6.07) is 11.0. The largest absolute Gasteiger partial charge is 0.352 e. The van der Waals surface area contributed by atoms with Crippen LogP contribution < -0.4 is 5.32 Å². The van der Waals surface area contributed by atoms with Crippen molar-refractivity contribution in [2.75, 3.05) is 6.54 Å². The average Bonchev–Trinajstić information content (AvgIpc) is 3.10. The molecule has 0 aromatic heterocycles. The average molecular weight is 532 g/mol. The van der Waals surface area contributed by atoms with Crippen molar-refractivity contribution in [1.29, 1.82) is 0 Å². The van der Waals surface area contributed by atoms with Gasteiger partial charge in [0.1, 0.15) is 6.04 Å². The zero-order chi connectivity index (χ0) is 26.4. The zero-order valence-electron chi connectivity index (χ0n) is 20.7. The highest BCUT2D eigenvalue weighted by molar-refractivity contribution is 6.35. The van der Waals surface area contributed by atoms with Gasteiger partial charge in [-0.05, 0) is 56.0 Å². The summed E-state index contributed by atoms with van der Waals surface area (Å²) in [5.74, 6) is -1.20. The summed E-state index contributed by atoms with van der Waals surface area (Å²) < 4.78 is 0. The molecule has 1 aliphatic rings. The van der Waals surface area contributed by atoms with E-state index in [0.717, 1.165) is 6.42 Å². The van der Waals surface area contributed by atoms with Crippen molar-refractivity contribution in [3.05, 3.63) is 69.2 Å². The standard InChI is InChI=1S/C27H31Cl2N3O4/c1-4-17(3)30-25(34)23(5-2)32(16-18-12-13-19(28)15-22(18)29)24(33)11-8-14-31-26(35)20-9-6-7-10-21(20)27(31)36/h6-7,9-10,12-13,15,17,23H,4-5,8,11,14,16H2,1-3H3,(H,30,34)/t17-,23-/m0/s1. The number of hydrogen-bond acceptors (Lipinski definition) is 4. The van der Waals surface area contributed by atoms with Gasteiger partial charge in [-0.25, -0.2) is 0 Å². The van der Waals surface area contributed by atoms with Crippen LogP contribution in [0.4, 0.5) is 0 Å². The van der Waals surface area contributed by atoms with E-state index in [0.29, 0.717) is 33.2 Å². The molecule has 2 aromatic rings. The SMILES string of the molecule is CC[C@H](C)NC(=O)[C@H](CC)N(Cc1ccc(Cl)cc1Cl)C(=O)CCCN1C(=O)c2ccccc2C1=O. The van der Waals surface area contributed by atoms with Crippen LogP contribution in [-0.2, 0) is 16.1 Å². The highest BCUT2D eigenvalue weighted by Crippen LogP contribution is 2.25. The van der Waals surface area contributed by atoms with Crippen LogP contribution in [0.1, 0.15) is 72.7 Å². The lowest BCUT2D eigenvalue weighted by Crippen LogP contribution is -2.50. The molecule has 0 fully saturated rings. The molecular weight excluding hydrogens is 501 g/mol. The van der Waals surface area contributed by atoms with Crippen LogP contribution in [0.25, 0.3) is 0 Å². The fourth-order valence-corrected chi connectivity index (χ4v) is 4.64. The summed E-state index contributed by atoms with van der Waals surface area (Å²) in [6.45, 7) is 5.98. The summed E-state index contributed by atoms with van der Waals surface area (Å²) >= 11 is 12.4. The molecule has 0 bridgehead atoms. The van der Waals surface area contributed by atoms with Crippen molar-refractivity contribution in [2.24, 2.45) is 0 Å². The number of carbonyl (C=O) groups excluding carboxylic acids is 4. The molecule has 0 saturated carbocycles. The fourth-order valence-electron chi connectivity index (χ4n) is 4.17. The van der Waals surface area contributed by atoms with E-state index >= 15 is 0 Å². The normalized spacial score (nSPS) is 14.4. The van der Waals surface area contributed by atoms with Gasteiger partial charge in [0.05, 0.1) is 11.1 Å². The minimum atomic E-state index is -0.697. The smallest absolute Gasteiger partial charge is 0.261 e. The Kier molecular flexibility index (Phi) is 9.51. The second-order valence-electron chi connectivity index (χ2n) is 8.91. The number of hydrogen-bond donors (Lipinski definition) is 1. The topological polar surface area (TPSA) is 86.8 Å². The van der Waals surface area contributed by atoms with Gasteiger partial charge in [-0.1, -0.05) is 55.2 Å². The first-order valence-electron chi connectivity index (χ1n) is 12.2. The van der Waals surface area contributed by atoms with Crippen LogP contribution in [0, 0.1) is 0 Å². The van der Waals surface area contributed by atoms with Crippen LogP contribution in [0.2, 0.25) is 10.0 Å². The van der Waals surface area contributed by atoms with Crippen LogP contribution in [0.5, 0.6) is 0 Å². The molecule has 0 radical (unpaired) electrons. The van der Waals surface area contributed by atoms with Crippen LogP contribution in [0.15, 0.2) is 42.5 Å². The molecule has 2 aromatic carbocycles. The Morgan fingerprint density at radius 3 is 2.19 bits per heavy atom. The third-order valence-corrected chi connectivity index (χ3v) is 6.98. The summed E-state index contributed by atoms with van der Waals surface area (Å²) in [5.41, 5.74) is 1.42. The maximum Gasteiger partial charge on any atom is 0.261 e. The van der Waals surface area contributed by atoms with Crippen molar-refractivity contribution < 1.29 is 19.2 Å². The molecule has 36 heavy (non-hydrogen) atoms. The van der Waals surface area contributed by atoms with E-state index in [4.69, 9.17) is 23.2 Å². The highest BCUT2D eigenvalue weighted by Gasteiger charge is 2.35. The van der Waals surface area contributed by atoms with Gasteiger partial charge in [-0.2, -0.15) is 0 Å². The minimum Gasteiger partial charge on any atom is -0.352 e. The summed E-state index contributed by atoms with van der Waals surface area (Å²) in [6.07, 6.45) is 1.52. The number of imide groups is 1. The summed E-state index contributed by atoms with van der Waals surface area (Å²) in [7, 11) is 0. The second kappa shape index (κ2) is 12.4. The minimum absolute atomic E-state index is 0.0311. The number of rotatable bonds is 11. The molecule has 0 saturated heterocycles. The van der Waals surface area contributed by atoms with E-state index in [9.17, 15) is 19.2 Å². The number of nitrogens with zero attached hydrogens (tertiary/aromatic N) is 2. The van der Waals surface area contributed by atoms with E-state index in [1.165, 1.54) is 9.80 Å². The number of benzene rings is 2. The van der Waals surface area contributed by atoms with Gasteiger partial charge in [-0.15, -0.1) is 0 Å². The third-order valence-electron chi connectivity index (χ3n) is 6.39. The Balaban J connectivity index is 1.74. The first-order chi connectivity index (χ1) is 17.2. The van der Waals surface area contributed by atoms with Crippen molar-refractivity contribution in [3.63, 3.8) is 0 Å². The van der Waals surface area contributed by atoms with Crippen molar-refractivity contribution in [3.8, 4) is 0 Å². The highest BCUT2D eigenvalue weighted by atomic mass is 35.5. The molecule has 7 nitrogen and oxygen atoms in total. The number of nitrogens with one attached hydrogen (secondary N) is 1. The first-order valence-corrected chi connectivity index (χ1v) is 12.9. The number of carbonyl (C=O) groups is 4. The van der Waals surface area contributed by atoms with E-state index in [-0.39, 0.29) is 55.6 Å². The summed E-state index contributed by atoms with van der Waals surface area (Å²) in [4.78, 5) is 54.4. The van der Waals surface area contributed by atoms with Gasteiger partial charge in [-0.3, -0.25) is 24.1 Å². The molecule has 1 heterocycles. The lowest BCUT2D eigenvalue weighted by molar-refractivity contribution is -0.141. The molecule has 2 atom stereocenters. The van der Waals surface area contributed by atoms with Gasteiger partial charge in [0.25, 0.3) is 11.8 Å². The monoisotopic (exact) mass is 531 g/mol. The van der Waals surface area contributed by atoms with Gasteiger partial charge in [0.15, 0.2) is 0 Å². The van der Waals surface area contributed by atoms with Crippen LogP contribution in [0.3, 0.4) is 0 Å². The van der Waals surface area contributed by atoms with Crippen molar-refractivity contribution in [2.45, 2.75) is 65.1 Å².